The molecule has 0 aliphatic carbocycles. The summed E-state index contributed by atoms with van der Waals surface area (Å²) in [4.78, 5) is 27.8. The first-order chi connectivity index (χ1) is 15.9. The van der Waals surface area contributed by atoms with Gasteiger partial charge in [-0.2, -0.15) is 0 Å². The maximum atomic E-state index is 13.2. The van der Waals surface area contributed by atoms with E-state index in [9.17, 15) is 14.7 Å². The third-order valence-corrected chi connectivity index (χ3v) is 5.95. The highest BCUT2D eigenvalue weighted by Crippen LogP contribution is 2.42. The van der Waals surface area contributed by atoms with E-state index in [2.05, 4.69) is 15.9 Å². The Balaban J connectivity index is 1.86. The number of methoxy groups -OCH3 is 1. The highest BCUT2D eigenvalue weighted by Gasteiger charge is 2.46. The molecule has 0 spiro atoms. The molecule has 168 valence electrons. The lowest BCUT2D eigenvalue weighted by Crippen LogP contribution is -2.29. The molecule has 0 radical (unpaired) electrons. The second kappa shape index (κ2) is 9.50. The normalized spacial score (nSPS) is 17.3. The summed E-state index contributed by atoms with van der Waals surface area (Å²) in [5.74, 6) is -0.409. The number of halogens is 1. The Morgan fingerprint density at radius 3 is 2.12 bits per heavy atom. The van der Waals surface area contributed by atoms with Crippen LogP contribution in [0.25, 0.3) is 5.76 Å². The maximum Gasteiger partial charge on any atom is 0.300 e. The predicted octanol–water partition coefficient (Wildman–Crippen LogP) is 5.48. The number of ether oxygens (including phenoxy) is 2. The van der Waals surface area contributed by atoms with Gasteiger partial charge in [0.1, 0.15) is 17.3 Å². The van der Waals surface area contributed by atoms with Gasteiger partial charge in [-0.15, -0.1) is 0 Å². The first kappa shape index (κ1) is 22.6. The fourth-order valence-corrected chi connectivity index (χ4v) is 4.10. The summed E-state index contributed by atoms with van der Waals surface area (Å²) in [5.41, 5.74) is 1.67. The Kier molecular flexibility index (Phi) is 6.51. The predicted molar refractivity (Wildman–Crippen MR) is 130 cm³/mol. The van der Waals surface area contributed by atoms with Gasteiger partial charge >= 0.3 is 0 Å². The molecule has 7 heteroatoms. The molecule has 3 aromatic carbocycles. The number of rotatable bonds is 6. The van der Waals surface area contributed by atoms with E-state index in [1.165, 1.54) is 4.90 Å². The number of aliphatic hydroxyl groups is 1. The van der Waals surface area contributed by atoms with Crippen molar-refractivity contribution in [3.05, 3.63) is 94.0 Å². The van der Waals surface area contributed by atoms with Crippen LogP contribution in [0.3, 0.4) is 0 Å². The Morgan fingerprint density at radius 1 is 0.939 bits per heavy atom. The van der Waals surface area contributed by atoms with Gasteiger partial charge in [-0.05, 0) is 73.2 Å². The lowest BCUT2D eigenvalue weighted by molar-refractivity contribution is -0.132. The van der Waals surface area contributed by atoms with Gasteiger partial charge in [0.15, 0.2) is 0 Å². The third-order valence-electron chi connectivity index (χ3n) is 5.42. The third kappa shape index (κ3) is 4.36. The summed E-state index contributed by atoms with van der Waals surface area (Å²) < 4.78 is 11.5. The van der Waals surface area contributed by atoms with Crippen LogP contribution in [0.4, 0.5) is 5.69 Å². The number of nitrogens with zero attached hydrogens (tertiary/aromatic N) is 1. The lowest BCUT2D eigenvalue weighted by atomic mass is 9.95. The van der Waals surface area contributed by atoms with E-state index < -0.39 is 17.7 Å². The van der Waals surface area contributed by atoms with Crippen molar-refractivity contribution in [3.8, 4) is 11.5 Å². The summed E-state index contributed by atoms with van der Waals surface area (Å²) in [6, 6.07) is 20.2. The van der Waals surface area contributed by atoms with E-state index in [0.29, 0.717) is 34.9 Å². The van der Waals surface area contributed by atoms with E-state index in [1.807, 2.05) is 31.2 Å². The van der Waals surface area contributed by atoms with Gasteiger partial charge in [-0.25, -0.2) is 0 Å². The molecule has 1 N–H and O–H groups in total. The van der Waals surface area contributed by atoms with E-state index >= 15 is 0 Å². The molecule has 1 atom stereocenters. The molecule has 1 heterocycles. The van der Waals surface area contributed by atoms with Gasteiger partial charge in [0.25, 0.3) is 11.7 Å². The fourth-order valence-electron chi connectivity index (χ4n) is 3.83. The molecular weight excluding hydrogens is 486 g/mol. The number of amides is 1. The zero-order chi connectivity index (χ0) is 23.5. The Labute approximate surface area is 200 Å². The minimum absolute atomic E-state index is 0.0299. The van der Waals surface area contributed by atoms with Crippen molar-refractivity contribution < 1.29 is 24.2 Å². The van der Waals surface area contributed by atoms with E-state index in [-0.39, 0.29) is 11.3 Å². The number of carbonyl (C=O) groups is 2. The largest absolute Gasteiger partial charge is 0.507 e. The van der Waals surface area contributed by atoms with Gasteiger partial charge in [0, 0.05) is 15.7 Å². The summed E-state index contributed by atoms with van der Waals surface area (Å²) >= 11 is 3.42. The van der Waals surface area contributed by atoms with Crippen molar-refractivity contribution in [3.63, 3.8) is 0 Å². The van der Waals surface area contributed by atoms with Gasteiger partial charge in [0.05, 0.1) is 25.3 Å². The number of Topliss-reactive ketones (excluding diaryl/α,β-unsaturated/α-hetero) is 1. The minimum atomic E-state index is -0.793. The molecule has 0 unspecified atom stereocenters. The van der Waals surface area contributed by atoms with Crippen molar-refractivity contribution >= 4 is 39.1 Å². The second-order valence-corrected chi connectivity index (χ2v) is 8.29. The Hall–Kier alpha value is -3.58. The minimum Gasteiger partial charge on any atom is -0.507 e. The van der Waals surface area contributed by atoms with Crippen LogP contribution in [0.2, 0.25) is 0 Å². The van der Waals surface area contributed by atoms with Crippen molar-refractivity contribution in [2.24, 2.45) is 0 Å². The van der Waals surface area contributed by atoms with Gasteiger partial charge < -0.3 is 14.6 Å². The van der Waals surface area contributed by atoms with Crippen LogP contribution in [-0.4, -0.2) is 30.5 Å². The van der Waals surface area contributed by atoms with Gasteiger partial charge in [-0.3, -0.25) is 14.5 Å². The molecule has 1 aliphatic heterocycles. The molecule has 33 heavy (non-hydrogen) atoms. The Bertz CT molecular complexity index is 1200. The number of hydrogen-bond acceptors (Lipinski definition) is 5. The van der Waals surface area contributed by atoms with Crippen LogP contribution >= 0.6 is 15.9 Å². The summed E-state index contributed by atoms with van der Waals surface area (Å²) in [5, 5.41) is 11.2. The maximum absolute atomic E-state index is 13.2. The number of ketones is 1. The molecule has 0 bridgehead atoms. The van der Waals surface area contributed by atoms with Crippen LogP contribution in [0, 0.1) is 0 Å². The first-order valence-corrected chi connectivity index (χ1v) is 11.2. The molecular formula is C26H22BrNO5. The van der Waals surface area contributed by atoms with Crippen molar-refractivity contribution in [2.75, 3.05) is 18.6 Å². The molecule has 0 saturated carbocycles. The molecule has 1 saturated heterocycles. The average Bonchev–Trinajstić information content (AvgIpc) is 3.10. The van der Waals surface area contributed by atoms with Crippen LogP contribution in [0.1, 0.15) is 24.1 Å². The first-order valence-electron chi connectivity index (χ1n) is 10.4. The summed E-state index contributed by atoms with van der Waals surface area (Å²) in [6.07, 6.45) is 0. The number of aliphatic hydroxyl groups excluding tert-OH is 1. The quantitative estimate of drug-likeness (QED) is 0.271. The molecule has 1 aliphatic rings. The molecule has 1 fully saturated rings. The van der Waals surface area contributed by atoms with E-state index in [1.54, 1.807) is 55.6 Å². The number of carbonyl (C=O) groups excluding carboxylic acids is 2. The van der Waals surface area contributed by atoms with E-state index in [4.69, 9.17) is 9.47 Å². The molecule has 1 amide bonds. The standard InChI is InChI=1S/C26H22BrNO5/c1-3-33-21-12-6-17(7-13-21)24(29)22-23(16-4-8-18(27)9-5-16)28(26(31)25(22)30)19-10-14-20(32-2)15-11-19/h4-15,23,29H,3H2,1-2H3/b24-22+/t23-/m1/s1. The highest BCUT2D eigenvalue weighted by molar-refractivity contribution is 9.10. The summed E-state index contributed by atoms with van der Waals surface area (Å²) in [7, 11) is 1.56. The molecule has 0 aromatic heterocycles. The van der Waals surface area contributed by atoms with Crippen LogP contribution < -0.4 is 14.4 Å². The van der Waals surface area contributed by atoms with E-state index in [0.717, 1.165) is 4.47 Å². The smallest absolute Gasteiger partial charge is 0.300 e. The van der Waals surface area contributed by atoms with Gasteiger partial charge in [-0.1, -0.05) is 28.1 Å². The van der Waals surface area contributed by atoms with Crippen LogP contribution in [-0.2, 0) is 9.59 Å². The number of benzene rings is 3. The fraction of sp³-hybridized carbons (Fsp3) is 0.154. The topological polar surface area (TPSA) is 76.1 Å². The highest BCUT2D eigenvalue weighted by atomic mass is 79.9. The average molecular weight is 508 g/mol. The van der Waals surface area contributed by atoms with Crippen LogP contribution in [0.5, 0.6) is 11.5 Å². The SMILES string of the molecule is CCOc1ccc(/C(O)=C2\C(=O)C(=O)N(c3ccc(OC)cc3)[C@@H]2c2ccc(Br)cc2)cc1. The van der Waals surface area contributed by atoms with Gasteiger partial charge in [0.2, 0.25) is 0 Å². The Morgan fingerprint density at radius 2 is 1.55 bits per heavy atom. The van der Waals surface area contributed by atoms with Crippen molar-refractivity contribution in [1.29, 1.82) is 0 Å². The van der Waals surface area contributed by atoms with Crippen LogP contribution in [0.15, 0.2) is 82.8 Å². The lowest BCUT2D eigenvalue weighted by Gasteiger charge is -2.25. The molecule has 4 rings (SSSR count). The monoisotopic (exact) mass is 507 g/mol. The summed E-state index contributed by atoms with van der Waals surface area (Å²) in [6.45, 7) is 2.40. The zero-order valence-electron chi connectivity index (χ0n) is 18.1. The van der Waals surface area contributed by atoms with Crippen molar-refractivity contribution in [2.45, 2.75) is 13.0 Å². The number of hydrogen-bond donors (Lipinski definition) is 1. The molecule has 3 aromatic rings. The zero-order valence-corrected chi connectivity index (χ0v) is 19.7. The molecule has 6 nitrogen and oxygen atoms in total. The second-order valence-electron chi connectivity index (χ2n) is 7.38. The number of anilines is 1. The van der Waals surface area contributed by atoms with Crippen molar-refractivity contribution in [1.82, 2.24) is 0 Å².